The number of hydrogen-bond donors (Lipinski definition) is 2. The molecule has 0 bridgehead atoms. The summed E-state index contributed by atoms with van der Waals surface area (Å²) in [7, 11) is 0. The molecule has 0 radical (unpaired) electrons. The topological polar surface area (TPSA) is 122 Å². The van der Waals surface area contributed by atoms with Crippen LogP contribution in [-0.4, -0.2) is 34.2 Å². The molecule has 4 amide bonds. The van der Waals surface area contributed by atoms with Gasteiger partial charge in [0.25, 0.3) is 11.6 Å². The molecule has 150 valence electrons. The van der Waals surface area contributed by atoms with Gasteiger partial charge >= 0.3 is 6.03 Å². The van der Waals surface area contributed by atoms with Crippen molar-refractivity contribution in [3.05, 3.63) is 69.8 Å². The first-order valence-electron chi connectivity index (χ1n) is 9.02. The van der Waals surface area contributed by atoms with E-state index in [0.717, 1.165) is 16.9 Å². The lowest BCUT2D eigenvalue weighted by Crippen LogP contribution is -2.42. The second-order valence-corrected chi connectivity index (χ2v) is 6.85. The number of nitrogens with zero attached hydrogens (tertiary/aromatic N) is 2. The summed E-state index contributed by atoms with van der Waals surface area (Å²) < 4.78 is 0. The summed E-state index contributed by atoms with van der Waals surface area (Å²) in [5.41, 5.74) is 0.483. The monoisotopic (exact) mass is 396 g/mol. The molecule has 1 atom stereocenters. The molecule has 0 saturated carbocycles. The van der Waals surface area contributed by atoms with Crippen molar-refractivity contribution in [1.29, 1.82) is 0 Å². The molecule has 2 aromatic rings. The third-order valence-corrected chi connectivity index (χ3v) is 4.85. The molecule has 1 saturated heterocycles. The van der Waals surface area contributed by atoms with Crippen LogP contribution in [0.4, 0.5) is 16.2 Å². The van der Waals surface area contributed by atoms with Gasteiger partial charge in [-0.1, -0.05) is 19.1 Å². The highest BCUT2D eigenvalue weighted by atomic mass is 16.6. The van der Waals surface area contributed by atoms with E-state index in [-0.39, 0.29) is 5.69 Å². The van der Waals surface area contributed by atoms with E-state index >= 15 is 0 Å². The van der Waals surface area contributed by atoms with Crippen LogP contribution in [0.5, 0.6) is 0 Å². The van der Waals surface area contributed by atoms with E-state index in [2.05, 4.69) is 10.6 Å². The Bertz CT molecular complexity index is 989. The number of nitrogens with one attached hydrogen (secondary N) is 2. The van der Waals surface area contributed by atoms with Crippen LogP contribution in [0, 0.1) is 10.1 Å². The van der Waals surface area contributed by atoms with Crippen molar-refractivity contribution in [1.82, 2.24) is 10.2 Å². The molecular weight excluding hydrogens is 376 g/mol. The summed E-state index contributed by atoms with van der Waals surface area (Å²) in [4.78, 5) is 48.7. The Morgan fingerprint density at radius 3 is 2.52 bits per heavy atom. The van der Waals surface area contributed by atoms with Crippen molar-refractivity contribution in [2.75, 3.05) is 11.9 Å². The maximum Gasteiger partial charge on any atom is 0.325 e. The Kier molecular flexibility index (Phi) is 5.31. The normalized spacial score (nSPS) is 18.5. The Balaban J connectivity index is 1.74. The lowest BCUT2D eigenvalue weighted by atomic mass is 9.92. The van der Waals surface area contributed by atoms with Crippen LogP contribution in [0.15, 0.2) is 48.5 Å². The number of rotatable bonds is 6. The van der Waals surface area contributed by atoms with Gasteiger partial charge in [-0.3, -0.25) is 24.6 Å². The molecule has 1 aliphatic rings. The van der Waals surface area contributed by atoms with Crippen molar-refractivity contribution >= 4 is 29.2 Å². The van der Waals surface area contributed by atoms with Gasteiger partial charge < -0.3 is 10.6 Å². The van der Waals surface area contributed by atoms with Gasteiger partial charge in [-0.05, 0) is 48.7 Å². The minimum atomic E-state index is -1.41. The van der Waals surface area contributed by atoms with Crippen LogP contribution in [-0.2, 0) is 21.5 Å². The summed E-state index contributed by atoms with van der Waals surface area (Å²) >= 11 is 0. The quantitative estimate of drug-likeness (QED) is 0.441. The van der Waals surface area contributed by atoms with Crippen LogP contribution in [0.2, 0.25) is 0 Å². The van der Waals surface area contributed by atoms with Gasteiger partial charge in [0.15, 0.2) is 0 Å². The maximum atomic E-state index is 12.9. The standard InChI is InChI=1S/C20H20N4O5/c1-3-13-5-4-6-15(11-13)21-17(25)12-23-18(26)20(2,22-19(23)27)14-7-9-16(10-8-14)24(28)29/h4-11H,3,12H2,1-2H3,(H,21,25)(H,22,27). The summed E-state index contributed by atoms with van der Waals surface area (Å²) in [6.45, 7) is 3.05. The number of nitro benzene ring substituents is 1. The average molecular weight is 396 g/mol. The van der Waals surface area contributed by atoms with Gasteiger partial charge in [-0.2, -0.15) is 0 Å². The number of urea groups is 1. The number of non-ortho nitro benzene ring substituents is 1. The van der Waals surface area contributed by atoms with Gasteiger partial charge in [0, 0.05) is 17.8 Å². The van der Waals surface area contributed by atoms with Gasteiger partial charge in [0.05, 0.1) is 4.92 Å². The van der Waals surface area contributed by atoms with Crippen LogP contribution in [0.1, 0.15) is 25.0 Å². The molecule has 9 heteroatoms. The van der Waals surface area contributed by atoms with Gasteiger partial charge in [0.2, 0.25) is 5.91 Å². The summed E-state index contributed by atoms with van der Waals surface area (Å²) in [6, 6.07) is 11.9. The zero-order chi connectivity index (χ0) is 21.2. The average Bonchev–Trinajstić information content (AvgIpc) is 2.92. The first kappa shape index (κ1) is 20.0. The molecule has 29 heavy (non-hydrogen) atoms. The van der Waals surface area contributed by atoms with Crippen molar-refractivity contribution in [3.63, 3.8) is 0 Å². The van der Waals surface area contributed by atoms with Crippen LogP contribution in [0.3, 0.4) is 0 Å². The minimum Gasteiger partial charge on any atom is -0.325 e. The zero-order valence-corrected chi connectivity index (χ0v) is 16.0. The maximum absolute atomic E-state index is 12.9. The second-order valence-electron chi connectivity index (χ2n) is 6.85. The highest BCUT2D eigenvalue weighted by Crippen LogP contribution is 2.30. The predicted octanol–water partition coefficient (Wildman–Crippen LogP) is 2.56. The molecule has 2 aromatic carbocycles. The Hall–Kier alpha value is -3.75. The van der Waals surface area contributed by atoms with E-state index in [1.54, 1.807) is 6.07 Å². The number of aryl methyl sites for hydroxylation is 1. The molecule has 3 rings (SSSR count). The first-order chi connectivity index (χ1) is 13.7. The fraction of sp³-hybridized carbons (Fsp3) is 0.250. The molecule has 0 aliphatic carbocycles. The third kappa shape index (κ3) is 3.93. The summed E-state index contributed by atoms with van der Waals surface area (Å²) in [5.74, 6) is -1.11. The fourth-order valence-corrected chi connectivity index (χ4v) is 3.17. The number of anilines is 1. The lowest BCUT2D eigenvalue weighted by molar-refractivity contribution is -0.384. The Morgan fingerprint density at radius 2 is 1.90 bits per heavy atom. The van der Waals surface area contributed by atoms with Crippen LogP contribution >= 0.6 is 0 Å². The van der Waals surface area contributed by atoms with Crippen molar-refractivity contribution in [2.24, 2.45) is 0 Å². The first-order valence-corrected chi connectivity index (χ1v) is 9.02. The van der Waals surface area contributed by atoms with E-state index in [4.69, 9.17) is 0 Å². The van der Waals surface area contributed by atoms with E-state index in [0.29, 0.717) is 11.3 Å². The Labute approximate surface area is 166 Å². The van der Waals surface area contributed by atoms with Gasteiger partial charge in [-0.15, -0.1) is 0 Å². The number of carbonyl (C=O) groups is 3. The van der Waals surface area contributed by atoms with Crippen molar-refractivity contribution < 1.29 is 19.3 Å². The van der Waals surface area contributed by atoms with Gasteiger partial charge in [0.1, 0.15) is 12.1 Å². The highest BCUT2D eigenvalue weighted by molar-refractivity contribution is 6.10. The summed E-state index contributed by atoms with van der Waals surface area (Å²) in [5, 5.41) is 16.1. The molecule has 1 fully saturated rings. The molecule has 2 N–H and O–H groups in total. The Morgan fingerprint density at radius 1 is 1.21 bits per heavy atom. The number of hydrogen-bond acceptors (Lipinski definition) is 5. The fourth-order valence-electron chi connectivity index (χ4n) is 3.17. The minimum absolute atomic E-state index is 0.125. The summed E-state index contributed by atoms with van der Waals surface area (Å²) in [6.07, 6.45) is 0.810. The second kappa shape index (κ2) is 7.70. The number of nitro groups is 1. The SMILES string of the molecule is CCc1cccc(NC(=O)CN2C(=O)NC(C)(c3ccc([N+](=O)[O-])cc3)C2=O)c1. The molecule has 0 spiro atoms. The van der Waals surface area contributed by atoms with Crippen LogP contribution < -0.4 is 10.6 Å². The largest absolute Gasteiger partial charge is 0.325 e. The number of benzene rings is 2. The predicted molar refractivity (Wildman–Crippen MR) is 105 cm³/mol. The third-order valence-electron chi connectivity index (χ3n) is 4.85. The molecule has 9 nitrogen and oxygen atoms in total. The van der Waals surface area contributed by atoms with E-state index < -0.39 is 34.9 Å². The number of amides is 4. The lowest BCUT2D eigenvalue weighted by Gasteiger charge is -2.22. The van der Waals surface area contributed by atoms with E-state index in [9.17, 15) is 24.5 Å². The smallest absolute Gasteiger partial charge is 0.325 e. The number of carbonyl (C=O) groups excluding carboxylic acids is 3. The molecule has 1 heterocycles. The molecule has 1 unspecified atom stereocenters. The van der Waals surface area contributed by atoms with Crippen LogP contribution in [0.25, 0.3) is 0 Å². The molecular formula is C20H20N4O5. The zero-order valence-electron chi connectivity index (χ0n) is 16.0. The van der Waals surface area contributed by atoms with E-state index in [1.807, 2.05) is 25.1 Å². The van der Waals surface area contributed by atoms with Crippen molar-refractivity contribution in [3.8, 4) is 0 Å². The number of imide groups is 1. The molecule has 1 aliphatic heterocycles. The van der Waals surface area contributed by atoms with Gasteiger partial charge in [-0.25, -0.2) is 4.79 Å². The highest BCUT2D eigenvalue weighted by Gasteiger charge is 2.49. The molecule has 0 aromatic heterocycles. The van der Waals surface area contributed by atoms with E-state index in [1.165, 1.54) is 31.2 Å². The van der Waals surface area contributed by atoms with Crippen molar-refractivity contribution in [2.45, 2.75) is 25.8 Å².